The quantitative estimate of drug-likeness (QED) is 0.609. The molecular weight excluding hydrogens is 332 g/mol. The minimum absolute atomic E-state index is 0.0256. The number of hydrogen-bond donors (Lipinski definition) is 4. The van der Waals surface area contributed by atoms with Gasteiger partial charge < -0.3 is 21.7 Å². The fourth-order valence-corrected chi connectivity index (χ4v) is 2.22. The first-order valence-corrected chi connectivity index (χ1v) is 8.19. The zero-order valence-electron chi connectivity index (χ0n) is 14.7. The van der Waals surface area contributed by atoms with Gasteiger partial charge in [0.1, 0.15) is 0 Å². The summed E-state index contributed by atoms with van der Waals surface area (Å²) in [4.78, 5) is 35.1. The van der Waals surface area contributed by atoms with Crippen molar-refractivity contribution in [3.8, 4) is 0 Å². The third-order valence-electron chi connectivity index (χ3n) is 3.45. The molecule has 0 saturated carbocycles. The Bertz CT molecular complexity index is 801. The molecule has 0 aliphatic rings. The number of benzene rings is 2. The Kier molecular flexibility index (Phi) is 6.32. The van der Waals surface area contributed by atoms with Crippen LogP contribution < -0.4 is 21.7 Å². The second-order valence-corrected chi connectivity index (χ2v) is 6.05. The lowest BCUT2D eigenvalue weighted by Crippen LogP contribution is -2.30. The van der Waals surface area contributed by atoms with Gasteiger partial charge in [0.15, 0.2) is 0 Å². The van der Waals surface area contributed by atoms with Gasteiger partial charge in [-0.05, 0) is 56.3 Å². The van der Waals surface area contributed by atoms with Crippen LogP contribution in [-0.2, 0) is 4.79 Å². The first-order valence-electron chi connectivity index (χ1n) is 8.19. The minimum atomic E-state index is -0.528. The van der Waals surface area contributed by atoms with E-state index >= 15 is 0 Å². The molecule has 0 fully saturated rings. The molecule has 0 saturated heterocycles. The van der Waals surface area contributed by atoms with Crippen LogP contribution in [0.2, 0.25) is 0 Å². The Balaban J connectivity index is 1.89. The van der Waals surface area contributed by atoms with Crippen LogP contribution in [0, 0.1) is 0 Å². The molecule has 136 valence electrons. The van der Waals surface area contributed by atoms with Crippen molar-refractivity contribution in [2.75, 3.05) is 17.2 Å². The molecule has 26 heavy (non-hydrogen) atoms. The monoisotopic (exact) mass is 354 g/mol. The molecule has 0 aliphatic heterocycles. The Labute approximate surface area is 152 Å². The van der Waals surface area contributed by atoms with Gasteiger partial charge in [0.05, 0.1) is 6.54 Å². The predicted molar refractivity (Wildman–Crippen MR) is 101 cm³/mol. The number of carbonyl (C=O) groups excluding carboxylic acids is 3. The molecule has 2 aromatic rings. The lowest BCUT2D eigenvalue weighted by atomic mass is 10.2. The topological polar surface area (TPSA) is 113 Å². The summed E-state index contributed by atoms with van der Waals surface area (Å²) in [6, 6.07) is 13.3. The number of rotatable bonds is 7. The average Bonchev–Trinajstić information content (AvgIpc) is 2.60. The van der Waals surface area contributed by atoms with Crippen molar-refractivity contribution in [2.45, 2.75) is 19.9 Å². The van der Waals surface area contributed by atoms with Gasteiger partial charge in [-0.2, -0.15) is 0 Å². The van der Waals surface area contributed by atoms with Gasteiger partial charge in [0.25, 0.3) is 5.91 Å². The van der Waals surface area contributed by atoms with Crippen LogP contribution in [-0.4, -0.2) is 30.3 Å². The van der Waals surface area contributed by atoms with Crippen molar-refractivity contribution in [1.29, 1.82) is 0 Å². The van der Waals surface area contributed by atoms with Crippen molar-refractivity contribution in [2.24, 2.45) is 5.73 Å². The van der Waals surface area contributed by atoms with Gasteiger partial charge in [-0.1, -0.05) is 6.07 Å². The number of carbonyl (C=O) groups is 3. The van der Waals surface area contributed by atoms with Crippen LogP contribution in [0.1, 0.15) is 34.6 Å². The van der Waals surface area contributed by atoms with E-state index in [0.717, 1.165) is 0 Å². The second-order valence-electron chi connectivity index (χ2n) is 6.05. The normalized spacial score (nSPS) is 10.3. The summed E-state index contributed by atoms with van der Waals surface area (Å²) < 4.78 is 0. The third-order valence-corrected chi connectivity index (χ3v) is 3.45. The fraction of sp³-hybridized carbons (Fsp3) is 0.211. The molecule has 5 N–H and O–H groups in total. The van der Waals surface area contributed by atoms with E-state index < -0.39 is 5.91 Å². The van der Waals surface area contributed by atoms with E-state index in [2.05, 4.69) is 16.0 Å². The van der Waals surface area contributed by atoms with Crippen molar-refractivity contribution < 1.29 is 14.4 Å². The van der Waals surface area contributed by atoms with E-state index in [1.807, 2.05) is 13.8 Å². The smallest absolute Gasteiger partial charge is 0.251 e. The molecule has 0 bridgehead atoms. The van der Waals surface area contributed by atoms with Crippen LogP contribution >= 0.6 is 0 Å². The Morgan fingerprint density at radius 2 is 1.65 bits per heavy atom. The number of anilines is 2. The SMILES string of the molecule is CC(C)NC(=O)c1ccc(NC(=O)CNc2cccc(C(N)=O)c2)cc1. The van der Waals surface area contributed by atoms with Crippen molar-refractivity contribution in [1.82, 2.24) is 5.32 Å². The molecular formula is C19H22N4O3. The van der Waals surface area contributed by atoms with Gasteiger partial charge >= 0.3 is 0 Å². The van der Waals surface area contributed by atoms with E-state index in [0.29, 0.717) is 22.5 Å². The van der Waals surface area contributed by atoms with Crippen molar-refractivity contribution in [3.05, 3.63) is 59.7 Å². The van der Waals surface area contributed by atoms with Gasteiger partial charge in [-0.3, -0.25) is 14.4 Å². The van der Waals surface area contributed by atoms with Gasteiger partial charge in [0.2, 0.25) is 11.8 Å². The summed E-state index contributed by atoms with van der Waals surface area (Å²) in [7, 11) is 0. The molecule has 0 aromatic heterocycles. The van der Waals surface area contributed by atoms with Crippen LogP contribution in [0.4, 0.5) is 11.4 Å². The first kappa shape index (κ1) is 19.0. The highest BCUT2D eigenvalue weighted by Crippen LogP contribution is 2.11. The maximum atomic E-state index is 12.0. The van der Waals surface area contributed by atoms with Gasteiger partial charge in [0, 0.05) is 28.5 Å². The van der Waals surface area contributed by atoms with Crippen LogP contribution in [0.15, 0.2) is 48.5 Å². The predicted octanol–water partition coefficient (Wildman–Crippen LogP) is 1.97. The standard InChI is InChI=1S/C19H22N4O3/c1-12(2)22-19(26)13-6-8-15(9-7-13)23-17(24)11-21-16-5-3-4-14(10-16)18(20)25/h3-10,12,21H,11H2,1-2H3,(H2,20,25)(H,22,26)(H,23,24). The highest BCUT2D eigenvalue weighted by molar-refractivity contribution is 5.97. The van der Waals surface area contributed by atoms with Crippen molar-refractivity contribution >= 4 is 29.1 Å². The number of primary amides is 1. The number of hydrogen-bond acceptors (Lipinski definition) is 4. The molecule has 2 aromatic carbocycles. The van der Waals surface area contributed by atoms with E-state index in [4.69, 9.17) is 5.73 Å². The molecule has 0 radical (unpaired) electrons. The Morgan fingerprint density at radius 1 is 0.962 bits per heavy atom. The molecule has 3 amide bonds. The Morgan fingerprint density at radius 3 is 2.27 bits per heavy atom. The zero-order valence-corrected chi connectivity index (χ0v) is 14.7. The van der Waals surface area contributed by atoms with E-state index in [9.17, 15) is 14.4 Å². The van der Waals surface area contributed by atoms with E-state index in [1.54, 1.807) is 48.5 Å². The number of nitrogens with one attached hydrogen (secondary N) is 3. The van der Waals surface area contributed by atoms with E-state index in [-0.39, 0.29) is 24.4 Å². The largest absolute Gasteiger partial charge is 0.376 e. The third kappa shape index (κ3) is 5.62. The van der Waals surface area contributed by atoms with Crippen LogP contribution in [0.5, 0.6) is 0 Å². The van der Waals surface area contributed by atoms with Gasteiger partial charge in [-0.15, -0.1) is 0 Å². The summed E-state index contributed by atoms with van der Waals surface area (Å²) in [6.07, 6.45) is 0. The summed E-state index contributed by atoms with van der Waals surface area (Å²) in [5, 5.41) is 8.46. The molecule has 7 nitrogen and oxygen atoms in total. The van der Waals surface area contributed by atoms with E-state index in [1.165, 1.54) is 0 Å². The minimum Gasteiger partial charge on any atom is -0.376 e. The maximum absolute atomic E-state index is 12.0. The molecule has 7 heteroatoms. The second kappa shape index (κ2) is 8.66. The maximum Gasteiger partial charge on any atom is 0.251 e. The molecule has 2 rings (SSSR count). The summed E-state index contributed by atoms with van der Waals surface area (Å²) in [5.74, 6) is -0.942. The molecule has 0 heterocycles. The summed E-state index contributed by atoms with van der Waals surface area (Å²) in [6.45, 7) is 3.80. The lowest BCUT2D eigenvalue weighted by molar-refractivity contribution is -0.114. The zero-order chi connectivity index (χ0) is 19.1. The number of nitrogens with two attached hydrogens (primary N) is 1. The van der Waals surface area contributed by atoms with Gasteiger partial charge in [-0.25, -0.2) is 0 Å². The fourth-order valence-electron chi connectivity index (χ4n) is 2.22. The molecule has 0 aliphatic carbocycles. The first-order chi connectivity index (χ1) is 12.3. The average molecular weight is 354 g/mol. The van der Waals surface area contributed by atoms with Crippen molar-refractivity contribution in [3.63, 3.8) is 0 Å². The summed E-state index contributed by atoms with van der Waals surface area (Å²) in [5.41, 5.74) is 7.33. The molecule has 0 spiro atoms. The highest BCUT2D eigenvalue weighted by atomic mass is 16.2. The lowest BCUT2D eigenvalue weighted by Gasteiger charge is -2.10. The summed E-state index contributed by atoms with van der Waals surface area (Å²) >= 11 is 0. The number of amides is 3. The van der Waals surface area contributed by atoms with Crippen LogP contribution in [0.25, 0.3) is 0 Å². The molecule has 0 atom stereocenters. The van der Waals surface area contributed by atoms with Crippen LogP contribution in [0.3, 0.4) is 0 Å². The molecule has 0 unspecified atom stereocenters. The highest BCUT2D eigenvalue weighted by Gasteiger charge is 2.08. The Hall–Kier alpha value is -3.35.